The lowest BCUT2D eigenvalue weighted by Gasteiger charge is -2.24. The lowest BCUT2D eigenvalue weighted by Crippen LogP contribution is -3.11. The van der Waals surface area contributed by atoms with E-state index in [1.165, 1.54) is 14.1 Å². The molecule has 4 rings (SSSR count). The smallest absolute Gasteiger partial charge is 0.332 e. The van der Waals surface area contributed by atoms with Crippen LogP contribution in [0.3, 0.4) is 0 Å². The van der Waals surface area contributed by atoms with Crippen LogP contribution in [0.2, 0.25) is 0 Å². The normalized spacial score (nSPS) is 20.6. The number of likely N-dealkylation sites (tertiary alicyclic amines) is 1. The Balaban J connectivity index is 1.61. The average molecular weight is 401 g/mol. The summed E-state index contributed by atoms with van der Waals surface area (Å²) in [5.74, 6) is 1.02. The Morgan fingerprint density at radius 3 is 2.66 bits per heavy atom. The van der Waals surface area contributed by atoms with Crippen molar-refractivity contribution in [3.63, 3.8) is 0 Å². The van der Waals surface area contributed by atoms with Gasteiger partial charge in [-0.3, -0.25) is 18.7 Å². The molecule has 0 radical (unpaired) electrons. The molecule has 2 aromatic rings. The SMILES string of the molecule is Cn1c(N)c(C(=O)C[NH+]2CCC[C@@H]2c2ccc3c(c2)OCCO3)c(=O)n(C)c1=O. The van der Waals surface area contributed by atoms with E-state index in [1.54, 1.807) is 0 Å². The molecule has 154 valence electrons. The Kier molecular flexibility index (Phi) is 4.91. The molecule has 0 spiro atoms. The van der Waals surface area contributed by atoms with Crippen LogP contribution in [-0.4, -0.2) is 41.2 Å². The van der Waals surface area contributed by atoms with Crippen molar-refractivity contribution in [2.24, 2.45) is 14.1 Å². The lowest BCUT2D eigenvalue weighted by atomic mass is 10.0. The van der Waals surface area contributed by atoms with Gasteiger partial charge in [0.05, 0.1) is 6.54 Å². The number of ether oxygens (including phenoxy) is 2. The molecule has 0 saturated carbocycles. The van der Waals surface area contributed by atoms with Gasteiger partial charge in [-0.15, -0.1) is 0 Å². The molecule has 9 heteroatoms. The maximum atomic E-state index is 13.0. The second kappa shape index (κ2) is 7.40. The monoisotopic (exact) mass is 401 g/mol. The maximum Gasteiger partial charge on any atom is 0.332 e. The van der Waals surface area contributed by atoms with Gasteiger partial charge in [-0.2, -0.15) is 0 Å². The number of nitrogens with one attached hydrogen (secondary N) is 1. The maximum absolute atomic E-state index is 13.0. The van der Waals surface area contributed by atoms with Gasteiger partial charge >= 0.3 is 5.69 Å². The number of fused-ring (bicyclic) bond motifs is 1. The van der Waals surface area contributed by atoms with Gasteiger partial charge in [-0.25, -0.2) is 4.79 Å². The fraction of sp³-hybridized carbons (Fsp3) is 0.450. The zero-order valence-corrected chi connectivity index (χ0v) is 16.6. The molecule has 0 bridgehead atoms. The van der Waals surface area contributed by atoms with Crippen LogP contribution < -0.4 is 31.4 Å². The minimum absolute atomic E-state index is 0.0856. The van der Waals surface area contributed by atoms with Crippen LogP contribution in [-0.2, 0) is 14.1 Å². The molecule has 29 heavy (non-hydrogen) atoms. The van der Waals surface area contributed by atoms with Gasteiger partial charge in [-0.1, -0.05) is 0 Å². The van der Waals surface area contributed by atoms with E-state index >= 15 is 0 Å². The van der Waals surface area contributed by atoms with Gasteiger partial charge in [0.1, 0.15) is 37.2 Å². The van der Waals surface area contributed by atoms with E-state index in [0.29, 0.717) is 13.2 Å². The predicted molar refractivity (Wildman–Crippen MR) is 106 cm³/mol. The number of anilines is 1. The van der Waals surface area contributed by atoms with E-state index in [2.05, 4.69) is 0 Å². The Morgan fingerprint density at radius 1 is 1.17 bits per heavy atom. The van der Waals surface area contributed by atoms with Crippen LogP contribution in [0.1, 0.15) is 34.8 Å². The first kappa shape index (κ1) is 19.3. The lowest BCUT2D eigenvalue weighted by molar-refractivity contribution is -0.910. The number of benzene rings is 1. The van der Waals surface area contributed by atoms with Crippen LogP contribution in [0.25, 0.3) is 0 Å². The predicted octanol–water partition coefficient (Wildman–Crippen LogP) is -0.960. The van der Waals surface area contributed by atoms with Gasteiger partial charge in [0.2, 0.25) is 5.78 Å². The van der Waals surface area contributed by atoms with Gasteiger partial charge in [0.25, 0.3) is 5.56 Å². The van der Waals surface area contributed by atoms with E-state index in [-0.39, 0.29) is 29.8 Å². The Bertz CT molecular complexity index is 1090. The molecule has 1 aromatic heterocycles. The first-order chi connectivity index (χ1) is 13.9. The number of quaternary nitrogens is 1. The highest BCUT2D eigenvalue weighted by atomic mass is 16.6. The van der Waals surface area contributed by atoms with Crippen LogP contribution >= 0.6 is 0 Å². The summed E-state index contributed by atoms with van der Waals surface area (Å²) in [6.07, 6.45) is 1.91. The van der Waals surface area contributed by atoms with Crippen molar-refractivity contribution in [3.8, 4) is 11.5 Å². The Labute approximate surface area is 167 Å². The second-order valence-electron chi connectivity index (χ2n) is 7.57. The quantitative estimate of drug-likeness (QED) is 0.639. The molecule has 2 atom stereocenters. The molecular formula is C20H25N4O5+. The number of ketones is 1. The van der Waals surface area contributed by atoms with Crippen LogP contribution in [0.4, 0.5) is 5.82 Å². The number of hydrogen-bond donors (Lipinski definition) is 2. The molecule has 3 heterocycles. The molecule has 2 aliphatic heterocycles. The van der Waals surface area contributed by atoms with Crippen LogP contribution in [0, 0.1) is 0 Å². The second-order valence-corrected chi connectivity index (χ2v) is 7.57. The molecule has 3 N–H and O–H groups in total. The summed E-state index contributed by atoms with van der Waals surface area (Å²) in [6.45, 7) is 2.01. The highest BCUT2D eigenvalue weighted by Gasteiger charge is 2.34. The Hall–Kier alpha value is -3.07. The number of nitrogens with two attached hydrogens (primary N) is 1. The molecule has 9 nitrogen and oxygen atoms in total. The minimum Gasteiger partial charge on any atom is -0.486 e. The van der Waals surface area contributed by atoms with Crippen molar-refractivity contribution in [3.05, 3.63) is 50.2 Å². The highest BCUT2D eigenvalue weighted by Crippen LogP contribution is 2.33. The first-order valence-corrected chi connectivity index (χ1v) is 9.71. The van der Waals surface area contributed by atoms with E-state index in [1.807, 2.05) is 18.2 Å². The molecule has 2 aliphatic rings. The van der Waals surface area contributed by atoms with Crippen molar-refractivity contribution in [2.75, 3.05) is 32.0 Å². The first-order valence-electron chi connectivity index (χ1n) is 9.71. The van der Waals surface area contributed by atoms with E-state index in [9.17, 15) is 14.4 Å². The van der Waals surface area contributed by atoms with Crippen LogP contribution in [0.5, 0.6) is 11.5 Å². The van der Waals surface area contributed by atoms with Gasteiger partial charge in [0, 0.05) is 32.5 Å². The molecule has 1 saturated heterocycles. The number of nitrogen functional groups attached to an aromatic ring is 1. The standard InChI is InChI=1S/C20H24N4O5/c1-22-18(21)17(19(26)23(2)20(22)27)14(25)11-24-7-3-4-13(24)12-5-6-15-16(10-12)29-9-8-28-15/h5-6,10,13H,3-4,7-9,11,21H2,1-2H3/p+1/t13-/m1/s1. The van der Waals surface area contributed by atoms with E-state index in [0.717, 1.165) is 50.5 Å². The summed E-state index contributed by atoms with van der Waals surface area (Å²) >= 11 is 0. The number of nitrogens with zero attached hydrogens (tertiary/aromatic N) is 2. The summed E-state index contributed by atoms with van der Waals surface area (Å²) in [4.78, 5) is 38.6. The molecule has 1 fully saturated rings. The van der Waals surface area contributed by atoms with Crippen molar-refractivity contribution >= 4 is 11.6 Å². The zero-order chi connectivity index (χ0) is 20.7. The number of carbonyl (C=O) groups excluding carboxylic acids is 1. The fourth-order valence-corrected chi connectivity index (χ4v) is 4.22. The summed E-state index contributed by atoms with van der Waals surface area (Å²) in [5.41, 5.74) is 5.71. The number of hydrogen-bond acceptors (Lipinski definition) is 6. The van der Waals surface area contributed by atoms with E-state index in [4.69, 9.17) is 15.2 Å². The van der Waals surface area contributed by atoms with E-state index < -0.39 is 11.2 Å². The van der Waals surface area contributed by atoms with Crippen molar-refractivity contribution in [2.45, 2.75) is 18.9 Å². The molecule has 1 unspecified atom stereocenters. The summed E-state index contributed by atoms with van der Waals surface area (Å²) < 4.78 is 13.3. The zero-order valence-electron chi connectivity index (χ0n) is 16.6. The summed E-state index contributed by atoms with van der Waals surface area (Å²) in [5, 5.41) is 0. The molecule has 0 amide bonds. The van der Waals surface area contributed by atoms with Crippen molar-refractivity contribution < 1.29 is 19.2 Å². The highest BCUT2D eigenvalue weighted by molar-refractivity contribution is 6.00. The number of rotatable bonds is 4. The number of Topliss-reactive ketones (excluding diaryl/α,β-unsaturated/α-hetero) is 1. The Morgan fingerprint density at radius 2 is 1.90 bits per heavy atom. The molecule has 0 aliphatic carbocycles. The largest absolute Gasteiger partial charge is 0.486 e. The third-order valence-electron chi connectivity index (χ3n) is 5.83. The third-order valence-corrected chi connectivity index (χ3v) is 5.83. The van der Waals surface area contributed by atoms with Crippen molar-refractivity contribution in [1.29, 1.82) is 0 Å². The number of carbonyl (C=O) groups is 1. The number of aromatic nitrogens is 2. The molecular weight excluding hydrogens is 376 g/mol. The van der Waals surface area contributed by atoms with Gasteiger partial charge in [0.15, 0.2) is 11.5 Å². The minimum atomic E-state index is -0.648. The third kappa shape index (κ3) is 3.31. The fourth-order valence-electron chi connectivity index (χ4n) is 4.22. The molecule has 1 aromatic carbocycles. The average Bonchev–Trinajstić information content (AvgIpc) is 3.18. The summed E-state index contributed by atoms with van der Waals surface area (Å²) in [6, 6.07) is 6.01. The van der Waals surface area contributed by atoms with Gasteiger partial charge in [-0.05, 0) is 18.2 Å². The summed E-state index contributed by atoms with van der Waals surface area (Å²) in [7, 11) is 2.80. The van der Waals surface area contributed by atoms with Crippen LogP contribution in [0.15, 0.2) is 27.8 Å². The van der Waals surface area contributed by atoms with Crippen molar-refractivity contribution in [1.82, 2.24) is 9.13 Å². The van der Waals surface area contributed by atoms with Gasteiger partial charge < -0.3 is 20.1 Å². The topological polar surface area (TPSA) is 110 Å².